The third-order valence-electron chi connectivity index (χ3n) is 2.51. The minimum Gasteiger partial charge on any atom is -0.390 e. The molecule has 0 radical (unpaired) electrons. The van der Waals surface area contributed by atoms with E-state index in [1.165, 1.54) is 4.57 Å². The molecule has 0 saturated carbocycles. The number of β-amino-alcohol motifs (C(OH)–C–C–N with tert-alkyl or cyclic N) is 1. The van der Waals surface area contributed by atoms with Crippen molar-refractivity contribution in [2.75, 3.05) is 6.54 Å². The van der Waals surface area contributed by atoms with Crippen molar-refractivity contribution in [2.24, 2.45) is 0 Å². The van der Waals surface area contributed by atoms with E-state index in [-0.39, 0.29) is 11.1 Å². The monoisotopic (exact) mass is 316 g/mol. The molecule has 0 spiro atoms. The summed E-state index contributed by atoms with van der Waals surface area (Å²) in [6.45, 7) is 8.63. The molecule has 0 amide bonds. The van der Waals surface area contributed by atoms with Gasteiger partial charge in [-0.1, -0.05) is 0 Å². The number of halogens is 1. The molecule has 0 fully saturated rings. The van der Waals surface area contributed by atoms with E-state index < -0.39 is 6.10 Å². The van der Waals surface area contributed by atoms with Crippen LogP contribution in [0.15, 0.2) is 21.5 Å². The summed E-state index contributed by atoms with van der Waals surface area (Å²) in [5.74, 6) is 0. The number of pyridine rings is 1. The Hall–Kier alpha value is -0.650. The summed E-state index contributed by atoms with van der Waals surface area (Å²) in [5.41, 5.74) is 0.562. The fourth-order valence-corrected chi connectivity index (χ4v) is 2.18. The first-order valence-corrected chi connectivity index (χ1v) is 6.78. The van der Waals surface area contributed by atoms with Crippen LogP contribution in [0.3, 0.4) is 0 Å². The lowest BCUT2D eigenvalue weighted by Gasteiger charge is -2.23. The Morgan fingerprint density at radius 3 is 2.67 bits per heavy atom. The van der Waals surface area contributed by atoms with Crippen LogP contribution in [0.2, 0.25) is 0 Å². The molecule has 0 aliphatic heterocycles. The standard InChI is InChI=1S/C13H21BrN2O2/c1-9-5-10(14)7-16(12(9)18)8-11(17)6-15-13(2,3)4/h5,7,11,15,17H,6,8H2,1-4H3. The fraction of sp³-hybridized carbons (Fsp3) is 0.615. The quantitative estimate of drug-likeness (QED) is 0.888. The van der Waals surface area contributed by atoms with E-state index in [9.17, 15) is 9.90 Å². The predicted molar refractivity (Wildman–Crippen MR) is 76.9 cm³/mol. The van der Waals surface area contributed by atoms with Crippen LogP contribution in [-0.2, 0) is 6.54 Å². The van der Waals surface area contributed by atoms with E-state index in [1.807, 2.05) is 20.8 Å². The molecule has 0 aliphatic rings. The summed E-state index contributed by atoms with van der Waals surface area (Å²) in [6, 6.07) is 1.78. The summed E-state index contributed by atoms with van der Waals surface area (Å²) < 4.78 is 2.38. The molecule has 1 unspecified atom stereocenters. The van der Waals surface area contributed by atoms with Gasteiger partial charge in [-0.15, -0.1) is 0 Å². The third kappa shape index (κ3) is 4.92. The average molecular weight is 317 g/mol. The Kier molecular flexibility index (Phi) is 5.13. The normalized spacial score (nSPS) is 13.7. The number of hydrogen-bond acceptors (Lipinski definition) is 3. The molecule has 18 heavy (non-hydrogen) atoms. The van der Waals surface area contributed by atoms with Crippen molar-refractivity contribution >= 4 is 15.9 Å². The predicted octanol–water partition coefficient (Wildman–Crippen LogP) is 1.67. The number of rotatable bonds is 4. The highest BCUT2D eigenvalue weighted by molar-refractivity contribution is 9.10. The molecule has 1 atom stereocenters. The molecule has 102 valence electrons. The lowest BCUT2D eigenvalue weighted by atomic mass is 10.1. The van der Waals surface area contributed by atoms with Crippen LogP contribution < -0.4 is 10.9 Å². The van der Waals surface area contributed by atoms with Gasteiger partial charge in [-0.25, -0.2) is 0 Å². The molecule has 0 saturated heterocycles. The molecule has 1 aromatic rings. The van der Waals surface area contributed by atoms with Gasteiger partial charge in [0.15, 0.2) is 0 Å². The molecule has 1 rings (SSSR count). The summed E-state index contributed by atoms with van der Waals surface area (Å²) in [4.78, 5) is 11.9. The van der Waals surface area contributed by atoms with Crippen molar-refractivity contribution < 1.29 is 5.11 Å². The maximum atomic E-state index is 11.9. The Balaban J connectivity index is 2.71. The largest absolute Gasteiger partial charge is 0.390 e. The van der Waals surface area contributed by atoms with Gasteiger partial charge in [0.1, 0.15) is 0 Å². The number of aromatic nitrogens is 1. The summed E-state index contributed by atoms with van der Waals surface area (Å²) >= 11 is 3.35. The van der Waals surface area contributed by atoms with Crippen molar-refractivity contribution in [1.82, 2.24) is 9.88 Å². The van der Waals surface area contributed by atoms with Crippen LogP contribution in [0, 0.1) is 6.92 Å². The Morgan fingerprint density at radius 1 is 1.50 bits per heavy atom. The molecule has 5 heteroatoms. The second-order valence-electron chi connectivity index (χ2n) is 5.58. The molecule has 4 nitrogen and oxygen atoms in total. The zero-order valence-electron chi connectivity index (χ0n) is 11.3. The third-order valence-corrected chi connectivity index (χ3v) is 2.94. The first-order chi connectivity index (χ1) is 8.19. The topological polar surface area (TPSA) is 54.3 Å². The molecule has 1 heterocycles. The minimum atomic E-state index is -0.587. The van der Waals surface area contributed by atoms with Crippen LogP contribution >= 0.6 is 15.9 Å². The number of aryl methyl sites for hydroxylation is 1. The van der Waals surface area contributed by atoms with Gasteiger partial charge in [0.2, 0.25) is 0 Å². The minimum absolute atomic E-state index is 0.0425. The van der Waals surface area contributed by atoms with E-state index in [2.05, 4.69) is 21.2 Å². The Labute approximate surface area is 116 Å². The lowest BCUT2D eigenvalue weighted by molar-refractivity contribution is 0.140. The molecule has 0 aromatic carbocycles. The number of nitrogens with zero attached hydrogens (tertiary/aromatic N) is 1. The van der Waals surface area contributed by atoms with Gasteiger partial charge in [-0.2, -0.15) is 0 Å². The second-order valence-corrected chi connectivity index (χ2v) is 6.50. The van der Waals surface area contributed by atoms with Crippen LogP contribution in [0.4, 0.5) is 0 Å². The van der Waals surface area contributed by atoms with Gasteiger partial charge < -0.3 is 15.0 Å². The van der Waals surface area contributed by atoms with Gasteiger partial charge in [-0.05, 0) is 49.7 Å². The maximum Gasteiger partial charge on any atom is 0.253 e. The summed E-state index contributed by atoms with van der Waals surface area (Å²) in [7, 11) is 0. The van der Waals surface area contributed by atoms with Gasteiger partial charge in [0.05, 0.1) is 12.6 Å². The van der Waals surface area contributed by atoms with Gasteiger partial charge in [0.25, 0.3) is 5.56 Å². The van der Waals surface area contributed by atoms with Gasteiger partial charge in [-0.3, -0.25) is 4.79 Å². The van der Waals surface area contributed by atoms with E-state index in [1.54, 1.807) is 19.2 Å². The lowest BCUT2D eigenvalue weighted by Crippen LogP contribution is -2.42. The molecule has 0 bridgehead atoms. The molecule has 0 aliphatic carbocycles. The smallest absolute Gasteiger partial charge is 0.253 e. The van der Waals surface area contributed by atoms with E-state index in [4.69, 9.17) is 0 Å². The van der Waals surface area contributed by atoms with Crippen LogP contribution in [0.25, 0.3) is 0 Å². The van der Waals surface area contributed by atoms with E-state index in [0.717, 1.165) is 4.47 Å². The van der Waals surface area contributed by atoms with E-state index in [0.29, 0.717) is 18.7 Å². The van der Waals surface area contributed by atoms with Crippen LogP contribution in [0.1, 0.15) is 26.3 Å². The fourth-order valence-electron chi connectivity index (χ4n) is 1.59. The number of aliphatic hydroxyl groups is 1. The molecular weight excluding hydrogens is 296 g/mol. The zero-order valence-corrected chi connectivity index (χ0v) is 12.9. The van der Waals surface area contributed by atoms with Crippen molar-refractivity contribution in [3.63, 3.8) is 0 Å². The molecule has 2 N–H and O–H groups in total. The Bertz CT molecular complexity index is 463. The highest BCUT2D eigenvalue weighted by atomic mass is 79.9. The van der Waals surface area contributed by atoms with Crippen LogP contribution in [0.5, 0.6) is 0 Å². The maximum absolute atomic E-state index is 11.9. The van der Waals surface area contributed by atoms with E-state index >= 15 is 0 Å². The van der Waals surface area contributed by atoms with Crippen molar-refractivity contribution in [1.29, 1.82) is 0 Å². The number of hydrogen-bond donors (Lipinski definition) is 2. The number of aliphatic hydroxyl groups excluding tert-OH is 1. The molecular formula is C13H21BrN2O2. The van der Waals surface area contributed by atoms with Crippen molar-refractivity contribution in [2.45, 2.75) is 45.9 Å². The first-order valence-electron chi connectivity index (χ1n) is 5.99. The number of nitrogens with one attached hydrogen (secondary N) is 1. The van der Waals surface area contributed by atoms with Crippen LogP contribution in [-0.4, -0.2) is 27.9 Å². The zero-order chi connectivity index (χ0) is 13.9. The second kappa shape index (κ2) is 5.99. The SMILES string of the molecule is Cc1cc(Br)cn(CC(O)CNC(C)(C)C)c1=O. The Morgan fingerprint density at radius 2 is 2.11 bits per heavy atom. The first kappa shape index (κ1) is 15.4. The summed E-state index contributed by atoms with van der Waals surface area (Å²) in [6.07, 6.45) is 1.12. The summed E-state index contributed by atoms with van der Waals surface area (Å²) in [5, 5.41) is 13.1. The molecule has 1 aromatic heterocycles. The average Bonchev–Trinajstić information content (AvgIpc) is 2.21. The van der Waals surface area contributed by atoms with Crippen molar-refractivity contribution in [3.8, 4) is 0 Å². The van der Waals surface area contributed by atoms with Crippen molar-refractivity contribution in [3.05, 3.63) is 32.7 Å². The highest BCUT2D eigenvalue weighted by Gasteiger charge is 2.13. The highest BCUT2D eigenvalue weighted by Crippen LogP contribution is 2.08. The van der Waals surface area contributed by atoms with Gasteiger partial charge >= 0.3 is 0 Å². The van der Waals surface area contributed by atoms with Gasteiger partial charge in [0, 0.05) is 28.3 Å².